The molecule has 0 fully saturated rings. The van der Waals surface area contributed by atoms with Crippen molar-refractivity contribution in [3.8, 4) is 11.1 Å². The zero-order chi connectivity index (χ0) is 30.9. The first-order chi connectivity index (χ1) is 23.3. The number of thiophene rings is 1. The monoisotopic (exact) mass is 617 g/mol. The molecule has 220 valence electrons. The van der Waals surface area contributed by atoms with Crippen molar-refractivity contribution in [3.05, 3.63) is 164 Å². The van der Waals surface area contributed by atoms with Crippen LogP contribution >= 0.6 is 11.3 Å². The highest BCUT2D eigenvalue weighted by molar-refractivity contribution is 7.25. The predicted molar refractivity (Wildman–Crippen MR) is 202 cm³/mol. The molecule has 2 heterocycles. The van der Waals surface area contributed by atoms with Gasteiger partial charge in [0.25, 0.3) is 0 Å². The van der Waals surface area contributed by atoms with E-state index in [-0.39, 0.29) is 0 Å². The smallest absolute Gasteiger partial charge is 0.136 e. The van der Waals surface area contributed by atoms with Crippen molar-refractivity contribution in [3.63, 3.8) is 0 Å². The number of hydrogen-bond acceptors (Lipinski definition) is 3. The third-order valence-corrected chi connectivity index (χ3v) is 10.6. The Balaban J connectivity index is 1.15. The summed E-state index contributed by atoms with van der Waals surface area (Å²) in [5.74, 6) is 0. The number of benzene rings is 8. The van der Waals surface area contributed by atoms with Gasteiger partial charge in [-0.1, -0.05) is 103 Å². The van der Waals surface area contributed by atoms with E-state index in [9.17, 15) is 0 Å². The lowest BCUT2D eigenvalue weighted by Crippen LogP contribution is -2.09. The second-order valence-corrected chi connectivity index (χ2v) is 13.2. The quantitative estimate of drug-likeness (QED) is 0.195. The standard InChI is InChI=1S/C44H27NOS/c1-2-10-35-28(8-1)9-7-13-36(35)29-16-19-32(20-17-29)45(34-22-23-39-38-12-4-6-15-43(38)47-44(39)27-34)33-21-18-30-25-40-37-11-3-5-14-41(37)46-42(40)26-31(30)24-33/h1-27H. The van der Waals surface area contributed by atoms with Crippen LogP contribution < -0.4 is 4.90 Å². The molecule has 2 aromatic heterocycles. The van der Waals surface area contributed by atoms with Crippen LogP contribution in [-0.4, -0.2) is 0 Å². The molecule has 0 bridgehead atoms. The third-order valence-electron chi connectivity index (χ3n) is 9.42. The van der Waals surface area contributed by atoms with Crippen molar-refractivity contribution in [1.29, 1.82) is 0 Å². The summed E-state index contributed by atoms with van der Waals surface area (Å²) in [6.07, 6.45) is 0. The number of nitrogens with zero attached hydrogens (tertiary/aromatic N) is 1. The average Bonchev–Trinajstić information content (AvgIpc) is 3.68. The molecule has 0 aliphatic carbocycles. The molecule has 47 heavy (non-hydrogen) atoms. The molecule has 0 radical (unpaired) electrons. The van der Waals surface area contributed by atoms with Gasteiger partial charge in [-0.25, -0.2) is 0 Å². The van der Waals surface area contributed by atoms with Crippen molar-refractivity contribution in [2.75, 3.05) is 4.90 Å². The van der Waals surface area contributed by atoms with Gasteiger partial charge in [0.15, 0.2) is 0 Å². The number of fused-ring (bicyclic) bond motifs is 8. The minimum absolute atomic E-state index is 0.911. The Morgan fingerprint density at radius 2 is 1.09 bits per heavy atom. The van der Waals surface area contributed by atoms with Crippen molar-refractivity contribution >= 4 is 92.1 Å². The summed E-state index contributed by atoms with van der Waals surface area (Å²) < 4.78 is 8.88. The molecule has 10 rings (SSSR count). The van der Waals surface area contributed by atoms with E-state index in [1.165, 1.54) is 47.5 Å². The highest BCUT2D eigenvalue weighted by atomic mass is 32.1. The first-order valence-corrected chi connectivity index (χ1v) is 16.7. The normalized spacial score (nSPS) is 11.8. The van der Waals surface area contributed by atoms with E-state index in [1.54, 1.807) is 0 Å². The third kappa shape index (κ3) is 4.25. The van der Waals surface area contributed by atoms with E-state index < -0.39 is 0 Å². The molecule has 0 saturated carbocycles. The van der Waals surface area contributed by atoms with Gasteiger partial charge in [-0.05, 0) is 93.3 Å². The van der Waals surface area contributed by atoms with Gasteiger partial charge in [0.05, 0.1) is 0 Å². The van der Waals surface area contributed by atoms with Crippen LogP contribution in [0.5, 0.6) is 0 Å². The number of para-hydroxylation sites is 1. The SMILES string of the molecule is c1ccc2c(-c3ccc(N(c4ccc5cc6c(cc5c4)oc4ccccc46)c4ccc5c(c4)sc4ccccc45)cc3)cccc2c1. The van der Waals surface area contributed by atoms with Crippen LogP contribution in [0.3, 0.4) is 0 Å². The Labute approximate surface area is 275 Å². The molecule has 3 heteroatoms. The summed E-state index contributed by atoms with van der Waals surface area (Å²) in [7, 11) is 0. The summed E-state index contributed by atoms with van der Waals surface area (Å²) in [6.45, 7) is 0. The van der Waals surface area contributed by atoms with Crippen LogP contribution in [-0.2, 0) is 0 Å². The lowest BCUT2D eigenvalue weighted by atomic mass is 9.98. The van der Waals surface area contributed by atoms with Gasteiger partial charge in [-0.2, -0.15) is 0 Å². The fourth-order valence-corrected chi connectivity index (χ4v) is 8.30. The Morgan fingerprint density at radius 1 is 0.383 bits per heavy atom. The van der Waals surface area contributed by atoms with Crippen LogP contribution in [0.2, 0.25) is 0 Å². The van der Waals surface area contributed by atoms with E-state index >= 15 is 0 Å². The van der Waals surface area contributed by atoms with Crippen LogP contribution in [0.4, 0.5) is 17.1 Å². The zero-order valence-corrected chi connectivity index (χ0v) is 26.2. The van der Waals surface area contributed by atoms with Crippen molar-refractivity contribution < 1.29 is 4.42 Å². The Kier molecular flexibility index (Phi) is 5.78. The largest absolute Gasteiger partial charge is 0.456 e. The van der Waals surface area contributed by atoms with E-state index in [4.69, 9.17) is 4.42 Å². The van der Waals surface area contributed by atoms with Crippen LogP contribution in [0.25, 0.3) is 74.8 Å². The number of hydrogen-bond donors (Lipinski definition) is 0. The predicted octanol–water partition coefficient (Wildman–Crippen LogP) is 13.4. The second-order valence-electron chi connectivity index (χ2n) is 12.2. The fraction of sp³-hybridized carbons (Fsp3) is 0. The summed E-state index contributed by atoms with van der Waals surface area (Å²) >= 11 is 1.85. The topological polar surface area (TPSA) is 16.4 Å². The van der Waals surface area contributed by atoms with Crippen molar-refractivity contribution in [1.82, 2.24) is 0 Å². The van der Waals surface area contributed by atoms with E-state index in [0.717, 1.165) is 44.4 Å². The van der Waals surface area contributed by atoms with E-state index in [0.29, 0.717) is 0 Å². The lowest BCUT2D eigenvalue weighted by molar-refractivity contribution is 0.669. The van der Waals surface area contributed by atoms with Crippen molar-refractivity contribution in [2.24, 2.45) is 0 Å². The van der Waals surface area contributed by atoms with Crippen LogP contribution in [0.1, 0.15) is 0 Å². The van der Waals surface area contributed by atoms with E-state index in [1.807, 2.05) is 23.5 Å². The summed E-state index contributed by atoms with van der Waals surface area (Å²) in [4.78, 5) is 2.37. The van der Waals surface area contributed by atoms with E-state index in [2.05, 4.69) is 157 Å². The van der Waals surface area contributed by atoms with Gasteiger partial charge >= 0.3 is 0 Å². The van der Waals surface area contributed by atoms with Gasteiger partial charge in [0.1, 0.15) is 11.2 Å². The van der Waals surface area contributed by atoms with Gasteiger partial charge in [0.2, 0.25) is 0 Å². The zero-order valence-electron chi connectivity index (χ0n) is 25.4. The molecule has 2 nitrogen and oxygen atoms in total. The van der Waals surface area contributed by atoms with Gasteiger partial charge < -0.3 is 9.32 Å². The summed E-state index contributed by atoms with van der Waals surface area (Å²) in [5.41, 5.74) is 7.62. The maximum atomic E-state index is 6.28. The molecule has 0 aliphatic rings. The molecule has 0 amide bonds. The van der Waals surface area contributed by atoms with Crippen molar-refractivity contribution in [2.45, 2.75) is 0 Å². The van der Waals surface area contributed by atoms with Gasteiger partial charge in [-0.3, -0.25) is 0 Å². The minimum atomic E-state index is 0.911. The first kappa shape index (κ1) is 26.3. The second kappa shape index (κ2) is 10.3. The minimum Gasteiger partial charge on any atom is -0.456 e. The molecule has 0 atom stereocenters. The molecule has 0 spiro atoms. The number of rotatable bonds is 4. The summed E-state index contributed by atoms with van der Waals surface area (Å²) in [5, 5.41) is 9.77. The Morgan fingerprint density at radius 3 is 2.00 bits per heavy atom. The van der Waals surface area contributed by atoms with Crippen LogP contribution in [0.15, 0.2) is 168 Å². The molecule has 0 N–H and O–H groups in total. The molecule has 0 saturated heterocycles. The number of anilines is 3. The maximum Gasteiger partial charge on any atom is 0.136 e. The summed E-state index contributed by atoms with van der Waals surface area (Å²) in [6, 6.07) is 59.2. The fourth-order valence-electron chi connectivity index (χ4n) is 7.16. The molecule has 10 aromatic rings. The molecular formula is C44H27NOS. The first-order valence-electron chi connectivity index (χ1n) is 15.9. The molecule has 0 unspecified atom stereocenters. The average molecular weight is 618 g/mol. The maximum absolute atomic E-state index is 6.28. The molecule has 8 aromatic carbocycles. The Bertz CT molecular complexity index is 2800. The van der Waals surface area contributed by atoms with Gasteiger partial charge in [0, 0.05) is 48.0 Å². The Hall–Kier alpha value is -5.90. The highest BCUT2D eigenvalue weighted by Crippen LogP contribution is 2.42. The number of furan rings is 1. The molecule has 0 aliphatic heterocycles. The van der Waals surface area contributed by atoms with Crippen LogP contribution in [0, 0.1) is 0 Å². The highest BCUT2D eigenvalue weighted by Gasteiger charge is 2.17. The van der Waals surface area contributed by atoms with Gasteiger partial charge in [-0.15, -0.1) is 11.3 Å². The lowest BCUT2D eigenvalue weighted by Gasteiger charge is -2.26. The molecular weight excluding hydrogens is 591 g/mol.